The molecule has 70 valence electrons. The maximum atomic E-state index is 5.44. The van der Waals surface area contributed by atoms with E-state index in [0.29, 0.717) is 12.7 Å². The van der Waals surface area contributed by atoms with Gasteiger partial charge in [-0.2, -0.15) is 0 Å². The molecular formula is C9H11NO2S. The maximum absolute atomic E-state index is 5.44. The van der Waals surface area contributed by atoms with Gasteiger partial charge in [-0.25, -0.2) is 0 Å². The third-order valence-corrected chi connectivity index (χ3v) is 3.52. The van der Waals surface area contributed by atoms with E-state index in [-0.39, 0.29) is 0 Å². The summed E-state index contributed by atoms with van der Waals surface area (Å²) < 4.78 is 10.8. The summed E-state index contributed by atoms with van der Waals surface area (Å²) in [5.41, 5.74) is 1.34. The highest BCUT2D eigenvalue weighted by molar-refractivity contribution is 7.12. The van der Waals surface area contributed by atoms with E-state index in [1.165, 1.54) is 12.0 Å². The number of fused-ring (bicyclic) bond motifs is 1. The fourth-order valence-corrected chi connectivity index (χ4v) is 2.86. The van der Waals surface area contributed by atoms with Crippen molar-refractivity contribution in [1.29, 1.82) is 0 Å². The minimum atomic E-state index is 0.398. The Morgan fingerprint density at radius 3 is 3.31 bits per heavy atom. The molecule has 0 spiro atoms. The molecule has 1 aromatic rings. The first-order valence-electron chi connectivity index (χ1n) is 4.53. The van der Waals surface area contributed by atoms with Crippen molar-refractivity contribution in [2.45, 2.75) is 12.3 Å². The summed E-state index contributed by atoms with van der Waals surface area (Å²) in [6.07, 6.45) is 1.21. The van der Waals surface area contributed by atoms with Crippen molar-refractivity contribution in [1.82, 2.24) is 5.32 Å². The molecule has 1 fully saturated rings. The molecule has 3 rings (SSSR count). The minimum absolute atomic E-state index is 0.398. The van der Waals surface area contributed by atoms with Crippen molar-refractivity contribution in [3.63, 3.8) is 0 Å². The van der Waals surface area contributed by atoms with Crippen LogP contribution < -0.4 is 14.8 Å². The Morgan fingerprint density at radius 1 is 1.46 bits per heavy atom. The van der Waals surface area contributed by atoms with Gasteiger partial charge in [0.05, 0.1) is 0 Å². The van der Waals surface area contributed by atoms with Crippen LogP contribution in [0.1, 0.15) is 17.9 Å². The van der Waals surface area contributed by atoms with Crippen LogP contribution in [0.15, 0.2) is 5.38 Å². The molecule has 0 aliphatic carbocycles. The van der Waals surface area contributed by atoms with Crippen molar-refractivity contribution in [2.75, 3.05) is 19.9 Å². The van der Waals surface area contributed by atoms with Gasteiger partial charge in [-0.3, -0.25) is 0 Å². The molecule has 2 aliphatic heterocycles. The second kappa shape index (κ2) is 2.89. The van der Waals surface area contributed by atoms with Crippen LogP contribution in [0.5, 0.6) is 10.8 Å². The van der Waals surface area contributed by atoms with Gasteiger partial charge < -0.3 is 14.8 Å². The fourth-order valence-electron chi connectivity index (χ4n) is 1.93. The van der Waals surface area contributed by atoms with Crippen molar-refractivity contribution >= 4 is 11.3 Å². The molecule has 0 amide bonds. The quantitative estimate of drug-likeness (QED) is 0.741. The Balaban J connectivity index is 1.95. The van der Waals surface area contributed by atoms with Gasteiger partial charge in [-0.05, 0) is 13.0 Å². The lowest BCUT2D eigenvalue weighted by Gasteiger charge is -2.06. The molecule has 3 heterocycles. The number of thiophene rings is 1. The van der Waals surface area contributed by atoms with Gasteiger partial charge in [0.1, 0.15) is 0 Å². The van der Waals surface area contributed by atoms with Crippen LogP contribution in [0.4, 0.5) is 0 Å². The van der Waals surface area contributed by atoms with E-state index in [4.69, 9.17) is 9.47 Å². The van der Waals surface area contributed by atoms with Crippen molar-refractivity contribution in [3.05, 3.63) is 10.9 Å². The summed E-state index contributed by atoms with van der Waals surface area (Å²) in [5, 5.41) is 6.49. The standard InChI is InChI=1S/C9H11NO2S/c1-2-10-3-6(1)7-4-13-9-8(7)11-5-12-9/h4,6,10H,1-3,5H2. The molecule has 1 saturated heterocycles. The second-order valence-electron chi connectivity index (χ2n) is 3.40. The molecule has 13 heavy (non-hydrogen) atoms. The Bertz CT molecular complexity index is 317. The van der Waals surface area contributed by atoms with Gasteiger partial charge >= 0.3 is 0 Å². The highest BCUT2D eigenvalue weighted by Gasteiger charge is 2.27. The van der Waals surface area contributed by atoms with Gasteiger partial charge in [0.15, 0.2) is 5.75 Å². The Kier molecular flexibility index (Phi) is 1.70. The Morgan fingerprint density at radius 2 is 2.46 bits per heavy atom. The van der Waals surface area contributed by atoms with Gasteiger partial charge in [0, 0.05) is 23.4 Å². The molecule has 3 nitrogen and oxygen atoms in total. The van der Waals surface area contributed by atoms with Gasteiger partial charge in [0.25, 0.3) is 0 Å². The molecule has 1 unspecified atom stereocenters. The summed E-state index contributed by atoms with van der Waals surface area (Å²) in [6.45, 7) is 2.60. The van der Waals surface area contributed by atoms with Crippen LogP contribution in [0.3, 0.4) is 0 Å². The molecular weight excluding hydrogens is 186 g/mol. The second-order valence-corrected chi connectivity index (χ2v) is 4.25. The average Bonchev–Trinajstić information content (AvgIpc) is 2.79. The number of ether oxygens (including phenoxy) is 2. The van der Waals surface area contributed by atoms with Gasteiger partial charge in [-0.1, -0.05) is 0 Å². The molecule has 1 atom stereocenters. The van der Waals surface area contributed by atoms with Gasteiger partial charge in [0.2, 0.25) is 11.9 Å². The topological polar surface area (TPSA) is 30.5 Å². The molecule has 0 aromatic carbocycles. The van der Waals surface area contributed by atoms with Crippen molar-refractivity contribution in [2.24, 2.45) is 0 Å². The molecule has 4 heteroatoms. The highest BCUT2D eigenvalue weighted by atomic mass is 32.1. The lowest BCUT2D eigenvalue weighted by molar-refractivity contribution is 0.174. The van der Waals surface area contributed by atoms with E-state index in [1.54, 1.807) is 11.3 Å². The van der Waals surface area contributed by atoms with E-state index in [2.05, 4.69) is 10.7 Å². The third kappa shape index (κ3) is 1.13. The molecule has 1 aromatic heterocycles. The van der Waals surface area contributed by atoms with Crippen molar-refractivity contribution in [3.8, 4) is 10.8 Å². The normalized spacial score (nSPS) is 25.4. The molecule has 0 bridgehead atoms. The number of rotatable bonds is 1. The number of hydrogen-bond acceptors (Lipinski definition) is 4. The number of nitrogens with one attached hydrogen (secondary N) is 1. The molecule has 2 aliphatic rings. The smallest absolute Gasteiger partial charge is 0.232 e. The molecule has 0 radical (unpaired) electrons. The Labute approximate surface area is 80.7 Å². The van der Waals surface area contributed by atoms with Crippen LogP contribution in [-0.2, 0) is 0 Å². The van der Waals surface area contributed by atoms with Gasteiger partial charge in [-0.15, -0.1) is 11.3 Å². The van der Waals surface area contributed by atoms with Crippen LogP contribution in [0.2, 0.25) is 0 Å². The zero-order chi connectivity index (χ0) is 8.67. The predicted molar refractivity (Wildman–Crippen MR) is 50.7 cm³/mol. The first kappa shape index (κ1) is 7.64. The first-order valence-corrected chi connectivity index (χ1v) is 5.41. The average molecular weight is 197 g/mol. The minimum Gasteiger partial charge on any atom is -0.452 e. The highest BCUT2D eigenvalue weighted by Crippen LogP contribution is 2.46. The first-order chi connectivity index (χ1) is 6.45. The van der Waals surface area contributed by atoms with Crippen LogP contribution >= 0.6 is 11.3 Å². The van der Waals surface area contributed by atoms with Crippen LogP contribution in [-0.4, -0.2) is 19.9 Å². The largest absolute Gasteiger partial charge is 0.452 e. The lowest BCUT2D eigenvalue weighted by atomic mass is 10.0. The summed E-state index contributed by atoms with van der Waals surface area (Å²) in [4.78, 5) is 0. The predicted octanol–water partition coefficient (Wildman–Crippen LogP) is 1.55. The fraction of sp³-hybridized carbons (Fsp3) is 0.556. The monoisotopic (exact) mass is 197 g/mol. The van der Waals surface area contributed by atoms with Crippen molar-refractivity contribution < 1.29 is 9.47 Å². The lowest BCUT2D eigenvalue weighted by Crippen LogP contribution is -2.08. The van der Waals surface area contributed by atoms with Crippen LogP contribution in [0, 0.1) is 0 Å². The molecule has 1 N–H and O–H groups in total. The maximum Gasteiger partial charge on any atom is 0.232 e. The van der Waals surface area contributed by atoms with E-state index in [9.17, 15) is 0 Å². The zero-order valence-corrected chi connectivity index (χ0v) is 8.02. The summed E-state index contributed by atoms with van der Waals surface area (Å²) >= 11 is 1.65. The van der Waals surface area contributed by atoms with E-state index in [1.807, 2.05) is 0 Å². The summed E-state index contributed by atoms with van der Waals surface area (Å²) in [5.74, 6) is 1.63. The van der Waals surface area contributed by atoms with E-state index >= 15 is 0 Å². The van der Waals surface area contributed by atoms with E-state index in [0.717, 1.165) is 23.9 Å². The number of hydrogen-bond donors (Lipinski definition) is 1. The summed E-state index contributed by atoms with van der Waals surface area (Å²) in [7, 11) is 0. The Hall–Kier alpha value is -0.740. The van der Waals surface area contributed by atoms with Crippen LogP contribution in [0.25, 0.3) is 0 Å². The molecule has 0 saturated carbocycles. The SMILES string of the molecule is c1sc2c(c1C1CCNC1)OCO2. The summed E-state index contributed by atoms with van der Waals surface area (Å²) in [6, 6.07) is 0. The third-order valence-electron chi connectivity index (χ3n) is 2.63. The zero-order valence-electron chi connectivity index (χ0n) is 7.21. The van der Waals surface area contributed by atoms with E-state index < -0.39 is 0 Å².